The van der Waals surface area contributed by atoms with E-state index in [2.05, 4.69) is 10.1 Å². The summed E-state index contributed by atoms with van der Waals surface area (Å²) in [4.78, 5) is 20.1. The summed E-state index contributed by atoms with van der Waals surface area (Å²) in [6.45, 7) is 0.755. The van der Waals surface area contributed by atoms with E-state index < -0.39 is 0 Å². The van der Waals surface area contributed by atoms with Crippen molar-refractivity contribution in [2.45, 2.75) is 36.6 Å². The molecule has 2 aromatic heterocycles. The summed E-state index contributed by atoms with van der Waals surface area (Å²) in [7, 11) is 1.65. The second kappa shape index (κ2) is 9.80. The predicted octanol–water partition coefficient (Wildman–Crippen LogP) is 4.98. The Morgan fingerprint density at radius 1 is 1.17 bits per heavy atom. The van der Waals surface area contributed by atoms with Crippen LogP contribution in [-0.4, -0.2) is 40.4 Å². The Balaban J connectivity index is 1.50. The Morgan fingerprint density at radius 3 is 2.73 bits per heavy atom. The SMILES string of the molecule is COc1ccc(-c2cc([C@H]3CCCCCN3C(=O)CSc3ccncc3)no2)cc1. The number of pyridine rings is 1. The maximum Gasteiger partial charge on any atom is 0.233 e. The average molecular weight is 424 g/mol. The van der Waals surface area contributed by atoms with Gasteiger partial charge in [-0.25, -0.2) is 0 Å². The Morgan fingerprint density at radius 2 is 1.97 bits per heavy atom. The van der Waals surface area contributed by atoms with Crippen LogP contribution in [0.4, 0.5) is 0 Å². The van der Waals surface area contributed by atoms with Gasteiger partial charge in [0.2, 0.25) is 5.91 Å². The summed E-state index contributed by atoms with van der Waals surface area (Å²) in [5.41, 5.74) is 1.76. The fraction of sp³-hybridized carbons (Fsp3) is 0.348. The molecule has 1 aromatic carbocycles. The summed E-state index contributed by atoms with van der Waals surface area (Å²) in [5.74, 6) is 2.04. The Hall–Kier alpha value is -2.80. The predicted molar refractivity (Wildman–Crippen MR) is 116 cm³/mol. The molecule has 0 spiro atoms. The third-order valence-electron chi connectivity index (χ3n) is 5.33. The molecule has 1 amide bonds. The molecule has 1 atom stereocenters. The number of hydrogen-bond acceptors (Lipinski definition) is 6. The molecule has 1 aliphatic heterocycles. The zero-order valence-electron chi connectivity index (χ0n) is 17.0. The molecule has 0 bridgehead atoms. The third kappa shape index (κ3) is 4.84. The molecule has 0 radical (unpaired) electrons. The van der Waals surface area contributed by atoms with E-state index in [4.69, 9.17) is 9.26 Å². The maximum absolute atomic E-state index is 13.1. The van der Waals surface area contributed by atoms with Crippen LogP contribution in [0.15, 0.2) is 64.3 Å². The fourth-order valence-corrected chi connectivity index (χ4v) is 4.48. The average Bonchev–Trinajstić information content (AvgIpc) is 3.16. The lowest BCUT2D eigenvalue weighted by atomic mass is 10.1. The monoisotopic (exact) mass is 423 g/mol. The maximum atomic E-state index is 13.1. The molecule has 30 heavy (non-hydrogen) atoms. The van der Waals surface area contributed by atoms with Crippen molar-refractivity contribution in [3.8, 4) is 17.1 Å². The van der Waals surface area contributed by atoms with Crippen molar-refractivity contribution in [1.82, 2.24) is 15.0 Å². The van der Waals surface area contributed by atoms with E-state index in [-0.39, 0.29) is 11.9 Å². The minimum atomic E-state index is -0.0474. The molecule has 3 aromatic rings. The number of hydrogen-bond donors (Lipinski definition) is 0. The first-order valence-electron chi connectivity index (χ1n) is 10.2. The topological polar surface area (TPSA) is 68.5 Å². The van der Waals surface area contributed by atoms with Gasteiger partial charge in [-0.3, -0.25) is 9.78 Å². The Labute approximate surface area is 180 Å². The number of aromatic nitrogens is 2. The number of ether oxygens (including phenoxy) is 1. The van der Waals surface area contributed by atoms with E-state index in [0.717, 1.165) is 54.1 Å². The molecule has 7 heteroatoms. The Kier molecular flexibility index (Phi) is 6.69. The number of methoxy groups -OCH3 is 1. The van der Waals surface area contributed by atoms with Gasteiger partial charge in [0, 0.05) is 35.5 Å². The van der Waals surface area contributed by atoms with Gasteiger partial charge in [-0.1, -0.05) is 18.0 Å². The van der Waals surface area contributed by atoms with Crippen LogP contribution in [0.25, 0.3) is 11.3 Å². The number of thioether (sulfide) groups is 1. The standard InChI is InChI=1S/C23H25N3O3S/c1-28-18-8-6-17(7-9-18)22-15-20(25-29-22)21-5-3-2-4-14-26(21)23(27)16-30-19-10-12-24-13-11-19/h6-13,15,21H,2-5,14,16H2,1H3/t21-/m1/s1. The lowest BCUT2D eigenvalue weighted by Gasteiger charge is -2.28. The molecule has 1 fully saturated rings. The molecule has 1 saturated heterocycles. The highest BCUT2D eigenvalue weighted by Crippen LogP contribution is 2.33. The van der Waals surface area contributed by atoms with E-state index in [9.17, 15) is 4.79 Å². The molecule has 6 nitrogen and oxygen atoms in total. The van der Waals surface area contributed by atoms with Crippen molar-refractivity contribution >= 4 is 17.7 Å². The summed E-state index contributed by atoms with van der Waals surface area (Å²) < 4.78 is 10.9. The number of carbonyl (C=O) groups excluding carboxylic acids is 1. The van der Waals surface area contributed by atoms with Crippen LogP contribution in [0.5, 0.6) is 5.75 Å². The van der Waals surface area contributed by atoms with Gasteiger partial charge in [0.15, 0.2) is 5.76 Å². The van der Waals surface area contributed by atoms with E-state index in [0.29, 0.717) is 11.5 Å². The highest BCUT2D eigenvalue weighted by Gasteiger charge is 2.29. The van der Waals surface area contributed by atoms with Gasteiger partial charge in [0.1, 0.15) is 11.4 Å². The molecular weight excluding hydrogens is 398 g/mol. The highest BCUT2D eigenvalue weighted by atomic mass is 32.2. The number of nitrogens with zero attached hydrogens (tertiary/aromatic N) is 3. The number of carbonyl (C=O) groups is 1. The minimum absolute atomic E-state index is 0.0474. The minimum Gasteiger partial charge on any atom is -0.497 e. The van der Waals surface area contributed by atoms with Crippen molar-refractivity contribution in [2.24, 2.45) is 0 Å². The van der Waals surface area contributed by atoms with Gasteiger partial charge in [0.05, 0.1) is 18.9 Å². The fourth-order valence-electron chi connectivity index (χ4n) is 3.71. The van der Waals surface area contributed by atoms with Gasteiger partial charge in [0.25, 0.3) is 0 Å². The van der Waals surface area contributed by atoms with E-state index in [1.54, 1.807) is 31.3 Å². The highest BCUT2D eigenvalue weighted by molar-refractivity contribution is 8.00. The zero-order valence-corrected chi connectivity index (χ0v) is 17.8. The first-order valence-corrected chi connectivity index (χ1v) is 11.2. The number of amides is 1. The van der Waals surface area contributed by atoms with Crippen LogP contribution in [0.3, 0.4) is 0 Å². The smallest absolute Gasteiger partial charge is 0.233 e. The van der Waals surface area contributed by atoms with Gasteiger partial charge in [-0.15, -0.1) is 11.8 Å². The molecule has 0 N–H and O–H groups in total. The Bertz CT molecular complexity index is 959. The molecule has 0 aliphatic carbocycles. The van der Waals surface area contributed by atoms with E-state index >= 15 is 0 Å². The van der Waals surface area contributed by atoms with Crippen molar-refractivity contribution < 1.29 is 14.1 Å². The van der Waals surface area contributed by atoms with Gasteiger partial charge < -0.3 is 14.2 Å². The van der Waals surface area contributed by atoms with E-state index in [1.165, 1.54) is 0 Å². The lowest BCUT2D eigenvalue weighted by Crippen LogP contribution is -2.36. The quantitative estimate of drug-likeness (QED) is 0.521. The van der Waals surface area contributed by atoms with Crippen LogP contribution >= 0.6 is 11.8 Å². The van der Waals surface area contributed by atoms with Crippen molar-refractivity contribution in [3.63, 3.8) is 0 Å². The normalized spacial score (nSPS) is 16.8. The lowest BCUT2D eigenvalue weighted by molar-refractivity contribution is -0.130. The zero-order chi connectivity index (χ0) is 20.8. The number of benzene rings is 1. The molecule has 156 valence electrons. The molecule has 4 rings (SSSR count). The van der Waals surface area contributed by atoms with Crippen LogP contribution in [0.1, 0.15) is 37.4 Å². The van der Waals surface area contributed by atoms with Crippen LogP contribution in [-0.2, 0) is 4.79 Å². The van der Waals surface area contributed by atoms with E-state index in [1.807, 2.05) is 47.4 Å². The molecule has 1 aliphatic rings. The second-order valence-electron chi connectivity index (χ2n) is 7.27. The summed E-state index contributed by atoms with van der Waals surface area (Å²) in [6.07, 6.45) is 7.62. The van der Waals surface area contributed by atoms with Gasteiger partial charge >= 0.3 is 0 Å². The first-order chi connectivity index (χ1) is 14.7. The summed E-state index contributed by atoms with van der Waals surface area (Å²) in [6, 6.07) is 13.5. The van der Waals surface area contributed by atoms with Crippen LogP contribution < -0.4 is 4.74 Å². The molecule has 3 heterocycles. The summed E-state index contributed by atoms with van der Waals surface area (Å²) in [5, 5.41) is 4.34. The van der Waals surface area contributed by atoms with Crippen LogP contribution in [0.2, 0.25) is 0 Å². The first kappa shape index (κ1) is 20.5. The van der Waals surface area contributed by atoms with Crippen molar-refractivity contribution in [1.29, 1.82) is 0 Å². The number of rotatable bonds is 6. The largest absolute Gasteiger partial charge is 0.497 e. The molecule has 0 saturated carbocycles. The van der Waals surface area contributed by atoms with Crippen molar-refractivity contribution in [2.75, 3.05) is 19.4 Å². The number of likely N-dealkylation sites (tertiary alicyclic amines) is 1. The van der Waals surface area contributed by atoms with Crippen LogP contribution in [0, 0.1) is 0 Å². The van der Waals surface area contributed by atoms with Crippen molar-refractivity contribution in [3.05, 3.63) is 60.6 Å². The molecule has 0 unspecified atom stereocenters. The second-order valence-corrected chi connectivity index (χ2v) is 8.32. The van der Waals surface area contributed by atoms with Gasteiger partial charge in [-0.2, -0.15) is 0 Å². The summed E-state index contributed by atoms with van der Waals surface area (Å²) >= 11 is 1.54. The van der Waals surface area contributed by atoms with Gasteiger partial charge in [-0.05, 0) is 49.2 Å². The third-order valence-corrected chi connectivity index (χ3v) is 6.33. The molecular formula is C23H25N3O3S.